The van der Waals surface area contributed by atoms with Gasteiger partial charge in [0, 0.05) is 0 Å². The molecule has 6 heteroatoms. The van der Waals surface area contributed by atoms with E-state index in [4.69, 9.17) is 0 Å². The minimum atomic E-state index is -4.27. The molecule has 0 aliphatic rings. The average Bonchev–Trinajstić information content (AvgIpc) is 2.74. The first-order chi connectivity index (χ1) is 14.7. The van der Waals surface area contributed by atoms with Gasteiger partial charge < -0.3 is 4.55 Å². The van der Waals surface area contributed by atoms with Crippen molar-refractivity contribution in [3.05, 3.63) is 54.4 Å². The summed E-state index contributed by atoms with van der Waals surface area (Å²) in [6, 6.07) is 10.7. The van der Waals surface area contributed by atoms with Crippen LogP contribution >= 0.6 is 0 Å². The van der Waals surface area contributed by atoms with Crippen molar-refractivity contribution in [3.63, 3.8) is 0 Å². The molecule has 0 N–H and O–H groups in total. The van der Waals surface area contributed by atoms with Crippen LogP contribution in [0.4, 0.5) is 0 Å². The third kappa shape index (κ3) is 10.0. The minimum Gasteiger partial charge on any atom is -0.744 e. The minimum absolute atomic E-state index is 0.178. The second-order valence-electron chi connectivity index (χ2n) is 8.61. The summed E-state index contributed by atoms with van der Waals surface area (Å²) in [5.74, 6) is 0. The quantitative estimate of drug-likeness (QED) is 0.211. The summed E-state index contributed by atoms with van der Waals surface area (Å²) >= 11 is -2.14. The smallest absolute Gasteiger partial charge is 0.124 e. The van der Waals surface area contributed by atoms with E-state index in [1.54, 1.807) is 29.0 Å². The number of benzene rings is 1. The van der Waals surface area contributed by atoms with Crippen LogP contribution < -0.4 is 8.15 Å². The van der Waals surface area contributed by atoms with E-state index in [0.717, 1.165) is 5.56 Å². The van der Waals surface area contributed by atoms with Gasteiger partial charge in [-0.05, 0) is 19.1 Å². The molecule has 2 rings (SSSR count). The van der Waals surface area contributed by atoms with Crippen LogP contribution in [0.3, 0.4) is 0 Å². The number of pyridine rings is 1. The van der Waals surface area contributed by atoms with Gasteiger partial charge in [-0.2, -0.15) is 0 Å². The van der Waals surface area contributed by atoms with E-state index in [9.17, 15) is 13.0 Å². The zero-order chi connectivity index (χ0) is 23.3. The predicted molar refractivity (Wildman–Crippen MR) is 131 cm³/mol. The van der Waals surface area contributed by atoms with Crippen molar-refractivity contribution in [1.82, 2.24) is 0 Å². The van der Waals surface area contributed by atoms with E-state index >= 15 is 0 Å². The number of unbranched alkanes of at least 4 members (excludes halogenated alkanes) is 3. The fourth-order valence-electron chi connectivity index (χ4n) is 3.91. The number of hydrogen-bond acceptors (Lipinski definition) is 3. The van der Waals surface area contributed by atoms with Crippen molar-refractivity contribution >= 4 is 32.1 Å². The molecule has 0 amide bonds. The van der Waals surface area contributed by atoms with Crippen LogP contribution in [0.25, 0.3) is 0 Å². The molecule has 0 atom stereocenters. The number of hydrogen-bond donors (Lipinski definition) is 0. The van der Waals surface area contributed by atoms with Crippen molar-refractivity contribution in [3.8, 4) is 0 Å². The molecule has 0 spiro atoms. The first kappa shape index (κ1) is 28.1. The molecular formula is C25H41NO3SSn. The van der Waals surface area contributed by atoms with E-state index in [-0.39, 0.29) is 4.90 Å². The Morgan fingerprint density at radius 1 is 0.806 bits per heavy atom. The van der Waals surface area contributed by atoms with Gasteiger partial charge in [0.15, 0.2) is 0 Å². The van der Waals surface area contributed by atoms with Crippen LogP contribution in [0.15, 0.2) is 53.7 Å². The number of nitrogens with zero attached hydrogens (tertiary/aromatic N) is 1. The van der Waals surface area contributed by atoms with Crippen LogP contribution in [0, 0.1) is 6.92 Å². The second-order valence-corrected chi connectivity index (χ2v) is 23.2. The molecule has 1 heterocycles. The van der Waals surface area contributed by atoms with Gasteiger partial charge in [-0.15, -0.1) is 0 Å². The number of rotatable bonds is 11. The third-order valence-electron chi connectivity index (χ3n) is 5.93. The summed E-state index contributed by atoms with van der Waals surface area (Å²) in [5.41, 5.74) is 0.928. The van der Waals surface area contributed by atoms with Gasteiger partial charge in [0.2, 0.25) is 0 Å². The molecule has 0 bridgehead atoms. The maximum absolute atomic E-state index is 10.4. The summed E-state index contributed by atoms with van der Waals surface area (Å²) in [5, 5.41) is 0. The van der Waals surface area contributed by atoms with E-state index in [1.807, 2.05) is 6.92 Å². The molecule has 2 aromatic rings. The summed E-state index contributed by atoms with van der Waals surface area (Å²) in [7, 11) is -2.14. The van der Waals surface area contributed by atoms with Crippen LogP contribution in [0.5, 0.6) is 0 Å². The average molecular weight is 554 g/mol. The second kappa shape index (κ2) is 14.3. The first-order valence-corrected chi connectivity index (χ1v) is 20.6. The van der Waals surface area contributed by atoms with Gasteiger partial charge in [0.1, 0.15) is 10.1 Å². The normalized spacial score (nSPS) is 11.7. The fourth-order valence-corrected chi connectivity index (χ4v) is 20.3. The summed E-state index contributed by atoms with van der Waals surface area (Å²) in [6.07, 6.45) is 13.0. The van der Waals surface area contributed by atoms with Gasteiger partial charge in [-0.1, -0.05) is 17.7 Å². The Kier molecular flexibility index (Phi) is 12.9. The van der Waals surface area contributed by atoms with Gasteiger partial charge in [0.05, 0.1) is 4.90 Å². The summed E-state index contributed by atoms with van der Waals surface area (Å²) in [4.78, 5) is -0.178. The maximum atomic E-state index is 10.4. The zero-order valence-corrected chi connectivity index (χ0v) is 23.7. The Morgan fingerprint density at radius 2 is 1.23 bits per heavy atom. The molecule has 4 nitrogen and oxygen atoms in total. The molecule has 31 heavy (non-hydrogen) atoms. The number of aryl methyl sites for hydroxylation is 2. The molecular weight excluding hydrogens is 513 g/mol. The van der Waals surface area contributed by atoms with E-state index in [0.29, 0.717) is 0 Å². The molecule has 174 valence electrons. The molecule has 0 saturated heterocycles. The third-order valence-corrected chi connectivity index (χ3v) is 22.4. The zero-order valence-electron chi connectivity index (χ0n) is 20.1. The SMILES string of the molecule is CCC[CH2][Sn]([CH2]CCC)([CH2]CCC)[c]1cc[n+](C)cc1.Cc1ccc(S(=O)(=O)[O-])cc1. The van der Waals surface area contributed by atoms with E-state index in [1.165, 1.54) is 50.7 Å². The van der Waals surface area contributed by atoms with Crippen molar-refractivity contribution in [2.24, 2.45) is 7.05 Å². The molecule has 0 aliphatic heterocycles. The van der Waals surface area contributed by atoms with Crippen LogP contribution in [0.2, 0.25) is 13.3 Å². The number of aromatic nitrogens is 1. The van der Waals surface area contributed by atoms with Crippen molar-refractivity contribution in [2.75, 3.05) is 0 Å². The van der Waals surface area contributed by atoms with Gasteiger partial charge in [-0.3, -0.25) is 0 Å². The summed E-state index contributed by atoms with van der Waals surface area (Å²) < 4.78 is 39.8. The Labute approximate surface area is 194 Å². The van der Waals surface area contributed by atoms with E-state index < -0.39 is 28.5 Å². The van der Waals surface area contributed by atoms with Crippen molar-refractivity contribution < 1.29 is 17.5 Å². The van der Waals surface area contributed by atoms with Crippen molar-refractivity contribution in [2.45, 2.75) is 84.4 Å². The van der Waals surface area contributed by atoms with E-state index in [2.05, 4.69) is 56.9 Å². The predicted octanol–water partition coefficient (Wildman–Crippen LogP) is 5.47. The Balaban J connectivity index is 0.000000367. The molecule has 0 unspecified atom stereocenters. The fraction of sp³-hybridized carbons (Fsp3) is 0.560. The monoisotopic (exact) mass is 555 g/mol. The largest absolute Gasteiger partial charge is 0.744 e. The van der Waals surface area contributed by atoms with Gasteiger partial charge in [0.25, 0.3) is 0 Å². The Morgan fingerprint density at radius 3 is 1.58 bits per heavy atom. The molecule has 0 radical (unpaired) electrons. The van der Waals surface area contributed by atoms with Crippen LogP contribution in [-0.2, 0) is 17.2 Å². The molecule has 1 aromatic carbocycles. The van der Waals surface area contributed by atoms with Gasteiger partial charge in [-0.25, -0.2) is 8.42 Å². The first-order valence-electron chi connectivity index (χ1n) is 11.7. The van der Waals surface area contributed by atoms with Gasteiger partial charge >= 0.3 is 131 Å². The van der Waals surface area contributed by atoms with Crippen LogP contribution in [-0.4, -0.2) is 31.3 Å². The maximum Gasteiger partial charge on any atom is 0.124 e. The molecule has 0 fully saturated rings. The molecule has 0 saturated carbocycles. The molecule has 0 aliphatic carbocycles. The standard InChI is InChI=1S/C7H8O3S.C6H7N.3C4H9.Sn/c1-6-2-4-7(5-3-6)11(8,9)10;1-7-5-3-2-4-6-7;3*1-3-4-2;/h2-5H,1H3,(H,8,9,10);3-6H,1H3;3*1,3-4H2,2H3;/q;+1;;;;/p-1. The Bertz CT molecular complexity index is 828. The van der Waals surface area contributed by atoms with Crippen molar-refractivity contribution in [1.29, 1.82) is 0 Å². The topological polar surface area (TPSA) is 61.1 Å². The van der Waals surface area contributed by atoms with Crippen LogP contribution in [0.1, 0.15) is 64.9 Å². The summed E-state index contributed by atoms with van der Waals surface area (Å²) in [6.45, 7) is 8.87. The Hall–Kier alpha value is -0.921. The molecule has 1 aromatic heterocycles.